The predicted octanol–water partition coefficient (Wildman–Crippen LogP) is 3.06. The van der Waals surface area contributed by atoms with Crippen LogP contribution in [0, 0.1) is 6.92 Å². The van der Waals surface area contributed by atoms with Crippen LogP contribution in [0.4, 0.5) is 5.82 Å². The van der Waals surface area contributed by atoms with Gasteiger partial charge in [-0.25, -0.2) is 14.8 Å². The standard InChI is InChI=1S/C19H19ClN4O3/c1-12-2-3-14-15(24-7-5-21-11-24)8-16(22-19(14)18(12)20)23-6-4-13(9-23)27-10-17(25)26/h2-3,5,7-8,11,13H,4,6,9-10H2,1H3,(H,25,26)/t13-/m0/s1. The van der Waals surface area contributed by atoms with Gasteiger partial charge in [-0.2, -0.15) is 0 Å². The van der Waals surface area contributed by atoms with Crippen molar-refractivity contribution in [2.24, 2.45) is 0 Å². The minimum atomic E-state index is -0.957. The van der Waals surface area contributed by atoms with Crippen LogP contribution in [0.15, 0.2) is 36.9 Å². The molecule has 0 aliphatic carbocycles. The number of nitrogens with zero attached hydrogens (tertiary/aromatic N) is 4. The lowest BCUT2D eigenvalue weighted by Crippen LogP contribution is -2.25. The highest BCUT2D eigenvalue weighted by molar-refractivity contribution is 6.36. The number of carboxylic acid groups (broad SMARTS) is 1. The van der Waals surface area contributed by atoms with E-state index in [0.717, 1.165) is 40.9 Å². The van der Waals surface area contributed by atoms with Gasteiger partial charge in [0.1, 0.15) is 12.4 Å². The SMILES string of the molecule is Cc1ccc2c(-n3ccnc3)cc(N3CC[C@H](OCC(=O)O)C3)nc2c1Cl. The number of anilines is 1. The summed E-state index contributed by atoms with van der Waals surface area (Å²) in [6.07, 6.45) is 6.00. The smallest absolute Gasteiger partial charge is 0.329 e. The first-order chi connectivity index (χ1) is 13.0. The van der Waals surface area contributed by atoms with Crippen molar-refractivity contribution in [3.05, 3.63) is 47.5 Å². The average molecular weight is 387 g/mol. The molecule has 0 amide bonds. The Morgan fingerprint density at radius 3 is 3.04 bits per heavy atom. The normalized spacial score (nSPS) is 17.0. The third-order valence-electron chi connectivity index (χ3n) is 4.77. The highest BCUT2D eigenvalue weighted by atomic mass is 35.5. The molecule has 1 fully saturated rings. The van der Waals surface area contributed by atoms with Gasteiger partial charge in [0.05, 0.1) is 28.7 Å². The summed E-state index contributed by atoms with van der Waals surface area (Å²) < 4.78 is 7.38. The molecule has 27 heavy (non-hydrogen) atoms. The number of aliphatic carboxylic acids is 1. The molecule has 3 heterocycles. The Morgan fingerprint density at radius 1 is 1.44 bits per heavy atom. The molecular weight excluding hydrogens is 368 g/mol. The summed E-state index contributed by atoms with van der Waals surface area (Å²) in [6.45, 7) is 3.02. The highest BCUT2D eigenvalue weighted by Crippen LogP contribution is 2.33. The van der Waals surface area contributed by atoms with E-state index >= 15 is 0 Å². The second-order valence-electron chi connectivity index (χ2n) is 6.62. The first-order valence-corrected chi connectivity index (χ1v) is 9.07. The molecule has 140 valence electrons. The largest absolute Gasteiger partial charge is 0.480 e. The van der Waals surface area contributed by atoms with Crippen molar-refractivity contribution in [3.8, 4) is 5.69 Å². The number of pyridine rings is 1. The van der Waals surface area contributed by atoms with E-state index in [1.165, 1.54) is 0 Å². The molecule has 1 saturated heterocycles. The number of aromatic nitrogens is 3. The number of halogens is 1. The first-order valence-electron chi connectivity index (χ1n) is 8.69. The van der Waals surface area contributed by atoms with Gasteiger partial charge in [0.25, 0.3) is 0 Å². The molecule has 4 rings (SSSR count). The second-order valence-corrected chi connectivity index (χ2v) is 7.00. The molecule has 0 unspecified atom stereocenters. The van der Waals surface area contributed by atoms with E-state index in [4.69, 9.17) is 26.4 Å². The lowest BCUT2D eigenvalue weighted by atomic mass is 10.1. The number of hydrogen-bond donors (Lipinski definition) is 1. The average Bonchev–Trinajstić information content (AvgIpc) is 3.34. The van der Waals surface area contributed by atoms with Crippen LogP contribution in [0.1, 0.15) is 12.0 Å². The Kier molecular flexibility index (Phi) is 4.72. The molecule has 1 aliphatic rings. The number of hydrogen-bond acceptors (Lipinski definition) is 5. The molecule has 0 saturated carbocycles. The topological polar surface area (TPSA) is 80.5 Å². The zero-order valence-corrected chi connectivity index (χ0v) is 15.6. The van der Waals surface area contributed by atoms with E-state index < -0.39 is 5.97 Å². The molecule has 1 aliphatic heterocycles. The molecule has 1 atom stereocenters. The fourth-order valence-electron chi connectivity index (χ4n) is 3.37. The number of rotatable bonds is 5. The number of carbonyl (C=O) groups is 1. The third kappa shape index (κ3) is 3.48. The molecule has 0 radical (unpaired) electrons. The van der Waals surface area contributed by atoms with Crippen LogP contribution in [0.5, 0.6) is 0 Å². The van der Waals surface area contributed by atoms with Gasteiger partial charge in [-0.05, 0) is 18.9 Å². The molecule has 8 heteroatoms. The van der Waals surface area contributed by atoms with Crippen molar-refractivity contribution < 1.29 is 14.6 Å². The monoisotopic (exact) mass is 386 g/mol. The lowest BCUT2D eigenvalue weighted by molar-refractivity contribution is -0.143. The van der Waals surface area contributed by atoms with Gasteiger partial charge in [0.2, 0.25) is 0 Å². The Balaban J connectivity index is 1.73. The lowest BCUT2D eigenvalue weighted by Gasteiger charge is -2.20. The number of benzene rings is 1. The summed E-state index contributed by atoms with van der Waals surface area (Å²) >= 11 is 6.56. The van der Waals surface area contributed by atoms with Crippen molar-refractivity contribution in [2.45, 2.75) is 19.4 Å². The highest BCUT2D eigenvalue weighted by Gasteiger charge is 2.26. The Bertz CT molecular complexity index is 990. The van der Waals surface area contributed by atoms with Gasteiger partial charge < -0.3 is 19.3 Å². The van der Waals surface area contributed by atoms with E-state index in [1.54, 1.807) is 12.5 Å². The van der Waals surface area contributed by atoms with Gasteiger partial charge in [-0.15, -0.1) is 0 Å². The minimum Gasteiger partial charge on any atom is -0.480 e. The Hall–Kier alpha value is -2.64. The van der Waals surface area contributed by atoms with E-state index in [9.17, 15) is 4.79 Å². The van der Waals surface area contributed by atoms with Crippen LogP contribution in [-0.4, -0.2) is 51.4 Å². The van der Waals surface area contributed by atoms with Crippen LogP contribution in [0.3, 0.4) is 0 Å². The predicted molar refractivity (Wildman–Crippen MR) is 103 cm³/mol. The van der Waals surface area contributed by atoms with Gasteiger partial charge in [0.15, 0.2) is 0 Å². The molecule has 0 bridgehead atoms. The van der Waals surface area contributed by atoms with E-state index in [-0.39, 0.29) is 12.7 Å². The van der Waals surface area contributed by atoms with Crippen LogP contribution >= 0.6 is 11.6 Å². The van der Waals surface area contributed by atoms with Crippen LogP contribution < -0.4 is 4.90 Å². The van der Waals surface area contributed by atoms with E-state index in [1.807, 2.05) is 35.9 Å². The van der Waals surface area contributed by atoms with E-state index in [0.29, 0.717) is 11.6 Å². The summed E-state index contributed by atoms with van der Waals surface area (Å²) in [7, 11) is 0. The second kappa shape index (κ2) is 7.17. The summed E-state index contributed by atoms with van der Waals surface area (Å²) in [5, 5.41) is 10.4. The Morgan fingerprint density at radius 2 is 2.30 bits per heavy atom. The summed E-state index contributed by atoms with van der Waals surface area (Å²) in [4.78, 5) is 21.8. The maximum Gasteiger partial charge on any atom is 0.329 e. The Labute approximate surface area is 161 Å². The number of carboxylic acids is 1. The molecule has 3 aromatic rings. The fraction of sp³-hybridized carbons (Fsp3) is 0.316. The van der Waals surface area contributed by atoms with Crippen LogP contribution in [0.25, 0.3) is 16.6 Å². The summed E-state index contributed by atoms with van der Waals surface area (Å²) in [6, 6.07) is 6.01. The van der Waals surface area contributed by atoms with E-state index in [2.05, 4.69) is 9.88 Å². The zero-order chi connectivity index (χ0) is 19.0. The number of fused-ring (bicyclic) bond motifs is 1. The van der Waals surface area contributed by atoms with Crippen molar-refractivity contribution in [2.75, 3.05) is 24.6 Å². The van der Waals surface area contributed by atoms with Crippen molar-refractivity contribution >= 4 is 34.3 Å². The van der Waals surface area contributed by atoms with Crippen LogP contribution in [-0.2, 0) is 9.53 Å². The number of imidazole rings is 1. The molecular formula is C19H19ClN4O3. The third-order valence-corrected chi connectivity index (χ3v) is 5.25. The van der Waals surface area contributed by atoms with Gasteiger partial charge in [-0.3, -0.25) is 0 Å². The molecule has 1 N–H and O–H groups in total. The maximum absolute atomic E-state index is 10.7. The van der Waals surface area contributed by atoms with Crippen molar-refractivity contribution in [1.82, 2.24) is 14.5 Å². The van der Waals surface area contributed by atoms with Crippen molar-refractivity contribution in [1.29, 1.82) is 0 Å². The quantitative estimate of drug-likeness (QED) is 0.725. The van der Waals surface area contributed by atoms with Crippen LogP contribution in [0.2, 0.25) is 5.02 Å². The fourth-order valence-corrected chi connectivity index (χ4v) is 3.57. The number of aryl methyl sites for hydroxylation is 1. The summed E-state index contributed by atoms with van der Waals surface area (Å²) in [5.74, 6) is -0.165. The zero-order valence-electron chi connectivity index (χ0n) is 14.8. The van der Waals surface area contributed by atoms with Gasteiger partial charge in [-0.1, -0.05) is 23.7 Å². The van der Waals surface area contributed by atoms with Gasteiger partial charge >= 0.3 is 5.97 Å². The molecule has 2 aromatic heterocycles. The maximum atomic E-state index is 10.7. The number of ether oxygens (including phenoxy) is 1. The summed E-state index contributed by atoms with van der Waals surface area (Å²) in [5.41, 5.74) is 2.66. The first kappa shape index (κ1) is 17.8. The van der Waals surface area contributed by atoms with Gasteiger partial charge in [0, 0.05) is 36.9 Å². The van der Waals surface area contributed by atoms with Crippen molar-refractivity contribution in [3.63, 3.8) is 0 Å². The molecule has 7 nitrogen and oxygen atoms in total. The molecule has 0 spiro atoms. The minimum absolute atomic E-state index is 0.122. The molecule has 1 aromatic carbocycles.